The van der Waals surface area contributed by atoms with Crippen molar-refractivity contribution in [1.82, 2.24) is 10.2 Å². The second-order valence-electron chi connectivity index (χ2n) is 2.84. The Hall–Kier alpha value is -0.570. The largest absolute Gasteiger partial charge is 0.341 e. The van der Waals surface area contributed by atoms with Gasteiger partial charge in [-0.1, -0.05) is 6.92 Å². The Bertz CT molecular complexity index is 141. The third-order valence-electron chi connectivity index (χ3n) is 1.98. The molecule has 0 radical (unpaired) electrons. The zero-order chi connectivity index (χ0) is 8.10. The molecule has 1 fully saturated rings. The first-order valence-electron chi connectivity index (χ1n) is 4.33. The lowest BCUT2D eigenvalue weighted by Crippen LogP contribution is -2.32. The Labute approximate surface area is 69.2 Å². The van der Waals surface area contributed by atoms with Crippen LogP contribution < -0.4 is 5.32 Å². The van der Waals surface area contributed by atoms with Gasteiger partial charge in [-0.25, -0.2) is 0 Å². The lowest BCUT2D eigenvalue weighted by atomic mass is 10.4. The second-order valence-corrected chi connectivity index (χ2v) is 2.84. The van der Waals surface area contributed by atoms with Gasteiger partial charge in [-0.15, -0.1) is 0 Å². The van der Waals surface area contributed by atoms with Gasteiger partial charge in [0.15, 0.2) is 0 Å². The summed E-state index contributed by atoms with van der Waals surface area (Å²) >= 11 is 0. The Morgan fingerprint density at radius 1 is 1.73 bits per heavy atom. The highest BCUT2D eigenvalue weighted by molar-refractivity contribution is 5.78. The van der Waals surface area contributed by atoms with E-state index < -0.39 is 0 Å². The SMILES string of the molecule is CCNCCN1CCCC1=O.[HH]. The fraction of sp³-hybridized carbons (Fsp3) is 0.875. The number of nitrogens with one attached hydrogen (secondary N) is 1. The number of carbonyl (C=O) groups excluding carboxylic acids is 1. The third kappa shape index (κ3) is 2.50. The van der Waals surface area contributed by atoms with Crippen molar-refractivity contribution in [2.24, 2.45) is 0 Å². The van der Waals surface area contributed by atoms with Gasteiger partial charge in [-0.2, -0.15) is 0 Å². The molecule has 1 saturated heterocycles. The van der Waals surface area contributed by atoms with Gasteiger partial charge in [0.05, 0.1) is 0 Å². The predicted molar refractivity (Wildman–Crippen MR) is 46.5 cm³/mol. The van der Waals surface area contributed by atoms with Crippen molar-refractivity contribution in [3.05, 3.63) is 0 Å². The van der Waals surface area contributed by atoms with Crippen LogP contribution in [0.15, 0.2) is 0 Å². The van der Waals surface area contributed by atoms with Crippen LogP contribution in [0.5, 0.6) is 0 Å². The van der Waals surface area contributed by atoms with E-state index in [1.807, 2.05) is 4.90 Å². The van der Waals surface area contributed by atoms with Gasteiger partial charge in [0.1, 0.15) is 0 Å². The quantitative estimate of drug-likeness (QED) is 0.603. The molecule has 3 nitrogen and oxygen atoms in total. The van der Waals surface area contributed by atoms with E-state index in [9.17, 15) is 4.79 Å². The summed E-state index contributed by atoms with van der Waals surface area (Å²) in [4.78, 5) is 13.0. The van der Waals surface area contributed by atoms with Crippen molar-refractivity contribution in [1.29, 1.82) is 0 Å². The summed E-state index contributed by atoms with van der Waals surface area (Å²) < 4.78 is 0. The van der Waals surface area contributed by atoms with Gasteiger partial charge >= 0.3 is 0 Å². The lowest BCUT2D eigenvalue weighted by Gasteiger charge is -2.14. The first-order chi connectivity index (χ1) is 5.34. The normalized spacial score (nSPS) is 17.9. The van der Waals surface area contributed by atoms with Crippen LogP contribution in [0.1, 0.15) is 21.2 Å². The van der Waals surface area contributed by atoms with Gasteiger partial charge in [-0.05, 0) is 13.0 Å². The monoisotopic (exact) mass is 158 g/mol. The number of hydrogen-bond acceptors (Lipinski definition) is 2. The highest BCUT2D eigenvalue weighted by Gasteiger charge is 2.18. The molecular weight excluding hydrogens is 140 g/mol. The molecule has 0 bridgehead atoms. The molecule has 1 amide bonds. The van der Waals surface area contributed by atoms with E-state index in [2.05, 4.69) is 12.2 Å². The molecule has 0 saturated carbocycles. The van der Waals surface area contributed by atoms with E-state index in [1.165, 1.54) is 0 Å². The zero-order valence-electron chi connectivity index (χ0n) is 7.10. The Kier molecular flexibility index (Phi) is 3.36. The van der Waals surface area contributed by atoms with E-state index in [4.69, 9.17) is 0 Å². The van der Waals surface area contributed by atoms with Crippen molar-refractivity contribution in [3.63, 3.8) is 0 Å². The third-order valence-corrected chi connectivity index (χ3v) is 1.98. The van der Waals surface area contributed by atoms with Crippen molar-refractivity contribution in [2.75, 3.05) is 26.2 Å². The van der Waals surface area contributed by atoms with Gasteiger partial charge in [0.2, 0.25) is 5.91 Å². The lowest BCUT2D eigenvalue weighted by molar-refractivity contribution is -0.127. The highest BCUT2D eigenvalue weighted by Crippen LogP contribution is 2.07. The molecule has 1 heterocycles. The maximum atomic E-state index is 11.1. The molecule has 0 aromatic carbocycles. The molecule has 11 heavy (non-hydrogen) atoms. The number of hydrogen-bond donors (Lipinski definition) is 1. The van der Waals surface area contributed by atoms with E-state index >= 15 is 0 Å². The summed E-state index contributed by atoms with van der Waals surface area (Å²) in [6.07, 6.45) is 1.80. The summed E-state index contributed by atoms with van der Waals surface area (Å²) in [5.41, 5.74) is 0. The van der Waals surface area contributed by atoms with Gasteiger partial charge < -0.3 is 10.2 Å². The molecular formula is C8H18N2O. The number of likely N-dealkylation sites (N-methyl/N-ethyl adjacent to an activating group) is 1. The van der Waals surface area contributed by atoms with E-state index in [-0.39, 0.29) is 1.43 Å². The van der Waals surface area contributed by atoms with Crippen molar-refractivity contribution >= 4 is 5.91 Å². The molecule has 0 aliphatic carbocycles. The van der Waals surface area contributed by atoms with Crippen LogP contribution in [0.3, 0.4) is 0 Å². The number of likely N-dealkylation sites (tertiary alicyclic amines) is 1. The molecule has 66 valence electrons. The van der Waals surface area contributed by atoms with Crippen LogP contribution in [-0.2, 0) is 4.79 Å². The number of nitrogens with zero attached hydrogens (tertiary/aromatic N) is 1. The number of amides is 1. The Balaban J connectivity index is 0.00000121. The molecule has 3 heteroatoms. The average molecular weight is 158 g/mol. The fourth-order valence-corrected chi connectivity index (χ4v) is 1.33. The maximum absolute atomic E-state index is 11.1. The topological polar surface area (TPSA) is 32.3 Å². The minimum Gasteiger partial charge on any atom is -0.341 e. The van der Waals surface area contributed by atoms with Gasteiger partial charge in [-0.3, -0.25) is 4.79 Å². The standard InChI is InChI=1S/C8H16N2O.H2/c1-2-9-5-7-10-6-3-4-8(10)11;/h9H,2-7H2,1H3;1H. The number of rotatable bonds is 4. The van der Waals surface area contributed by atoms with Crippen molar-refractivity contribution < 1.29 is 6.22 Å². The van der Waals surface area contributed by atoms with E-state index in [0.29, 0.717) is 5.91 Å². The van der Waals surface area contributed by atoms with Crippen molar-refractivity contribution in [3.8, 4) is 0 Å². The molecule has 0 unspecified atom stereocenters. The second kappa shape index (κ2) is 4.34. The molecule has 1 aliphatic heterocycles. The summed E-state index contributed by atoms with van der Waals surface area (Å²) in [6, 6.07) is 0. The number of carbonyl (C=O) groups is 1. The minimum absolute atomic E-state index is 0. The minimum atomic E-state index is 0. The average Bonchev–Trinajstić information content (AvgIpc) is 2.37. The van der Waals surface area contributed by atoms with Crippen LogP contribution in [0.4, 0.5) is 0 Å². The first-order valence-corrected chi connectivity index (χ1v) is 4.33. The van der Waals surface area contributed by atoms with Crippen molar-refractivity contribution in [2.45, 2.75) is 19.8 Å². The summed E-state index contributed by atoms with van der Waals surface area (Å²) in [5, 5.41) is 3.20. The molecule has 1 aliphatic rings. The summed E-state index contributed by atoms with van der Waals surface area (Å²) in [6.45, 7) is 5.84. The Morgan fingerprint density at radius 3 is 3.09 bits per heavy atom. The summed E-state index contributed by atoms with van der Waals surface area (Å²) in [5.74, 6) is 0.322. The van der Waals surface area contributed by atoms with Crippen LogP contribution in [0.25, 0.3) is 0 Å². The van der Waals surface area contributed by atoms with Crippen LogP contribution in [0.2, 0.25) is 0 Å². The fourth-order valence-electron chi connectivity index (χ4n) is 1.33. The van der Waals surface area contributed by atoms with E-state index in [0.717, 1.165) is 39.0 Å². The molecule has 0 spiro atoms. The zero-order valence-corrected chi connectivity index (χ0v) is 7.10. The first kappa shape index (κ1) is 8.53. The molecule has 0 aromatic rings. The highest BCUT2D eigenvalue weighted by atomic mass is 16.2. The molecule has 1 rings (SSSR count). The Morgan fingerprint density at radius 2 is 2.55 bits per heavy atom. The van der Waals surface area contributed by atoms with Gasteiger partial charge in [0, 0.05) is 27.5 Å². The van der Waals surface area contributed by atoms with Crippen LogP contribution in [-0.4, -0.2) is 37.0 Å². The van der Waals surface area contributed by atoms with Crippen LogP contribution in [0, 0.1) is 0 Å². The summed E-state index contributed by atoms with van der Waals surface area (Å²) in [7, 11) is 0. The molecule has 1 N–H and O–H groups in total. The predicted octanol–water partition coefficient (Wildman–Crippen LogP) is 0.464. The van der Waals surface area contributed by atoms with Crippen LogP contribution >= 0.6 is 0 Å². The van der Waals surface area contributed by atoms with E-state index in [1.54, 1.807) is 0 Å². The molecule has 0 aromatic heterocycles. The molecule has 0 atom stereocenters. The van der Waals surface area contributed by atoms with Gasteiger partial charge in [0.25, 0.3) is 0 Å². The maximum Gasteiger partial charge on any atom is 0.222 e. The smallest absolute Gasteiger partial charge is 0.222 e.